The van der Waals surface area contributed by atoms with Crippen molar-refractivity contribution in [1.82, 2.24) is 24.1 Å². The van der Waals surface area contributed by atoms with Gasteiger partial charge in [0.2, 0.25) is 16.0 Å². The number of aromatic nitrogens is 4. The summed E-state index contributed by atoms with van der Waals surface area (Å²) >= 11 is 0. The molecule has 194 valence electrons. The Bertz CT molecular complexity index is 1670. The van der Waals surface area contributed by atoms with Gasteiger partial charge in [-0.1, -0.05) is 42.5 Å². The lowest BCUT2D eigenvalue weighted by molar-refractivity contribution is 0.454. The third-order valence-corrected chi connectivity index (χ3v) is 8.33. The number of para-hydroxylation sites is 3. The minimum absolute atomic E-state index is 0.140. The van der Waals surface area contributed by atoms with Gasteiger partial charge in [-0.2, -0.15) is 5.10 Å². The maximum Gasteiger partial charge on any atom is 0.243 e. The summed E-state index contributed by atoms with van der Waals surface area (Å²) in [5, 5.41) is 4.22. The van der Waals surface area contributed by atoms with Gasteiger partial charge in [0.25, 0.3) is 0 Å². The lowest BCUT2D eigenvalue weighted by Crippen LogP contribution is -2.45. The fraction of sp³-hybridized carbons (Fsp3) is 0.214. The molecule has 2 aromatic heterocycles. The summed E-state index contributed by atoms with van der Waals surface area (Å²) in [6.45, 7) is 1.78. The van der Waals surface area contributed by atoms with E-state index >= 15 is 0 Å². The number of halogens is 1. The number of nitrogens with zero attached hydrogens (tertiary/aromatic N) is 5. The molecule has 0 aliphatic carbocycles. The number of nitrogens with one attached hydrogen (secondary N) is 1. The summed E-state index contributed by atoms with van der Waals surface area (Å²) in [5.41, 5.74) is 3.50. The van der Waals surface area contributed by atoms with Crippen LogP contribution >= 0.6 is 0 Å². The zero-order chi connectivity index (χ0) is 26.1. The second kappa shape index (κ2) is 10.0. The van der Waals surface area contributed by atoms with Gasteiger partial charge in [0.15, 0.2) is 0 Å². The molecule has 1 N–H and O–H groups in total. The number of imidazole rings is 1. The lowest BCUT2D eigenvalue weighted by Gasteiger charge is -2.33. The summed E-state index contributed by atoms with van der Waals surface area (Å²) in [6, 6.07) is 23.7. The number of rotatable bonds is 7. The molecule has 0 saturated carbocycles. The maximum absolute atomic E-state index is 13.9. The molecule has 1 fully saturated rings. The third kappa shape index (κ3) is 4.92. The van der Waals surface area contributed by atoms with Crippen LogP contribution in [-0.2, 0) is 16.6 Å². The van der Waals surface area contributed by atoms with Crippen molar-refractivity contribution in [2.75, 3.05) is 18.0 Å². The van der Waals surface area contributed by atoms with Crippen LogP contribution in [-0.4, -0.2) is 46.9 Å². The van der Waals surface area contributed by atoms with E-state index in [1.54, 1.807) is 16.8 Å². The van der Waals surface area contributed by atoms with Crippen molar-refractivity contribution in [3.8, 4) is 5.69 Å². The van der Waals surface area contributed by atoms with E-state index in [9.17, 15) is 12.8 Å². The molecule has 6 rings (SSSR count). The van der Waals surface area contributed by atoms with Crippen LogP contribution in [0.25, 0.3) is 16.7 Å². The van der Waals surface area contributed by atoms with Crippen LogP contribution in [0.4, 0.5) is 10.3 Å². The number of benzene rings is 3. The van der Waals surface area contributed by atoms with Crippen LogP contribution in [0.15, 0.2) is 96.2 Å². The van der Waals surface area contributed by atoms with Crippen molar-refractivity contribution in [3.63, 3.8) is 0 Å². The molecule has 3 aromatic carbocycles. The number of hydrogen-bond acceptors (Lipinski definition) is 5. The van der Waals surface area contributed by atoms with Crippen LogP contribution in [0.3, 0.4) is 0 Å². The quantitative estimate of drug-likeness (QED) is 0.338. The summed E-state index contributed by atoms with van der Waals surface area (Å²) in [5.74, 6) is 0.539. The Hall–Kier alpha value is -4.02. The average Bonchev–Trinajstić information content (AvgIpc) is 3.56. The van der Waals surface area contributed by atoms with Gasteiger partial charge >= 0.3 is 0 Å². The molecule has 5 aromatic rings. The standard InChI is InChI=1S/C28H27FN6O2S/c29-22-8-6-7-21(17-22)19-34-27-12-5-4-11-26(27)31-28(34)33-15-13-23(14-16-33)32-38(36,37)25-18-30-35(20-25)24-9-2-1-3-10-24/h1-12,17-18,20,23,32H,13-16,19H2. The molecule has 3 heterocycles. The van der Waals surface area contributed by atoms with Crippen LogP contribution in [0, 0.1) is 5.82 Å². The minimum Gasteiger partial charge on any atom is -0.342 e. The largest absolute Gasteiger partial charge is 0.342 e. The predicted molar refractivity (Wildman–Crippen MR) is 144 cm³/mol. The Morgan fingerprint density at radius 2 is 1.71 bits per heavy atom. The second-order valence-corrected chi connectivity index (χ2v) is 11.2. The van der Waals surface area contributed by atoms with Crippen LogP contribution < -0.4 is 9.62 Å². The van der Waals surface area contributed by atoms with E-state index in [2.05, 4.69) is 19.3 Å². The van der Waals surface area contributed by atoms with Gasteiger partial charge in [-0.05, 0) is 54.8 Å². The first-order chi connectivity index (χ1) is 18.5. The van der Waals surface area contributed by atoms with Gasteiger partial charge < -0.3 is 9.47 Å². The second-order valence-electron chi connectivity index (χ2n) is 9.46. The number of anilines is 1. The summed E-state index contributed by atoms with van der Waals surface area (Å²) in [7, 11) is -3.71. The van der Waals surface area contributed by atoms with Crippen molar-refractivity contribution >= 4 is 27.0 Å². The molecule has 0 bridgehead atoms. The third-order valence-electron chi connectivity index (χ3n) is 6.85. The first-order valence-corrected chi connectivity index (χ1v) is 14.0. The van der Waals surface area contributed by atoms with E-state index in [1.165, 1.54) is 18.5 Å². The minimum atomic E-state index is -3.71. The fourth-order valence-electron chi connectivity index (χ4n) is 4.93. The summed E-state index contributed by atoms with van der Waals surface area (Å²) in [4.78, 5) is 7.20. The first-order valence-electron chi connectivity index (χ1n) is 12.5. The Balaban J connectivity index is 1.17. The van der Waals surface area contributed by atoms with Crippen molar-refractivity contribution in [3.05, 3.63) is 103 Å². The van der Waals surface area contributed by atoms with E-state index in [-0.39, 0.29) is 16.8 Å². The Morgan fingerprint density at radius 1 is 0.947 bits per heavy atom. The van der Waals surface area contributed by atoms with Gasteiger partial charge in [-0.25, -0.2) is 27.2 Å². The number of hydrogen-bond donors (Lipinski definition) is 1. The molecular weight excluding hydrogens is 503 g/mol. The molecule has 0 amide bonds. The van der Waals surface area contributed by atoms with Crippen molar-refractivity contribution in [2.45, 2.75) is 30.3 Å². The molecule has 0 unspecified atom stereocenters. The smallest absolute Gasteiger partial charge is 0.243 e. The first kappa shape index (κ1) is 24.3. The van der Waals surface area contributed by atoms with E-state index in [0.717, 1.165) is 28.2 Å². The SMILES string of the molecule is O=S(=O)(NC1CCN(c2nc3ccccc3n2Cc2cccc(F)c2)CC1)c1cnn(-c2ccccc2)c1. The van der Waals surface area contributed by atoms with E-state index < -0.39 is 10.0 Å². The number of fused-ring (bicyclic) bond motifs is 1. The highest BCUT2D eigenvalue weighted by molar-refractivity contribution is 7.89. The van der Waals surface area contributed by atoms with Crippen LogP contribution in [0.2, 0.25) is 0 Å². The highest BCUT2D eigenvalue weighted by Crippen LogP contribution is 2.27. The molecule has 1 saturated heterocycles. The number of piperidine rings is 1. The molecule has 0 radical (unpaired) electrons. The van der Waals surface area contributed by atoms with E-state index in [4.69, 9.17) is 4.98 Å². The Labute approximate surface area is 220 Å². The summed E-state index contributed by atoms with van der Waals surface area (Å²) in [6.07, 6.45) is 4.17. The molecule has 1 aliphatic rings. The highest BCUT2D eigenvalue weighted by atomic mass is 32.2. The molecule has 8 nitrogen and oxygen atoms in total. The van der Waals surface area contributed by atoms with Crippen molar-refractivity contribution < 1.29 is 12.8 Å². The molecule has 1 aliphatic heterocycles. The predicted octanol–water partition coefficient (Wildman–Crippen LogP) is 4.36. The fourth-order valence-corrected chi connectivity index (χ4v) is 6.16. The van der Waals surface area contributed by atoms with Gasteiger partial charge in [-0.15, -0.1) is 0 Å². The van der Waals surface area contributed by atoms with Crippen LogP contribution in [0.1, 0.15) is 18.4 Å². The van der Waals surface area contributed by atoms with Crippen molar-refractivity contribution in [1.29, 1.82) is 0 Å². The lowest BCUT2D eigenvalue weighted by atomic mass is 10.1. The molecule has 0 atom stereocenters. The van der Waals surface area contributed by atoms with Gasteiger partial charge in [0, 0.05) is 19.1 Å². The normalized spacial score (nSPS) is 14.8. The van der Waals surface area contributed by atoms with Gasteiger partial charge in [0.05, 0.1) is 35.7 Å². The van der Waals surface area contributed by atoms with E-state index in [1.807, 2.05) is 60.7 Å². The topological polar surface area (TPSA) is 85.1 Å². The zero-order valence-electron chi connectivity index (χ0n) is 20.6. The highest BCUT2D eigenvalue weighted by Gasteiger charge is 2.28. The summed E-state index contributed by atoms with van der Waals surface area (Å²) < 4.78 is 46.5. The monoisotopic (exact) mass is 530 g/mol. The molecular formula is C28H27FN6O2S. The van der Waals surface area contributed by atoms with Crippen molar-refractivity contribution in [2.24, 2.45) is 0 Å². The Kier molecular flexibility index (Phi) is 6.42. The molecule has 0 spiro atoms. The maximum atomic E-state index is 13.9. The Morgan fingerprint density at radius 3 is 2.50 bits per heavy atom. The van der Waals surface area contributed by atoms with Gasteiger partial charge in [0.1, 0.15) is 10.7 Å². The van der Waals surface area contributed by atoms with Crippen LogP contribution in [0.5, 0.6) is 0 Å². The molecule has 10 heteroatoms. The zero-order valence-corrected chi connectivity index (χ0v) is 21.4. The molecule has 38 heavy (non-hydrogen) atoms. The van der Waals surface area contributed by atoms with E-state index in [0.29, 0.717) is 32.5 Å². The van der Waals surface area contributed by atoms with Gasteiger partial charge in [-0.3, -0.25) is 0 Å². The average molecular weight is 531 g/mol. The number of sulfonamides is 1.